The van der Waals surface area contributed by atoms with Crippen LogP contribution in [-0.4, -0.2) is 58.5 Å². The third-order valence-electron chi connectivity index (χ3n) is 3.96. The fraction of sp³-hybridized carbons (Fsp3) is 1.00. The lowest BCUT2D eigenvalue weighted by molar-refractivity contribution is -0.0924. The Hall–Kier alpha value is -0.240. The number of hydrogen-bond donors (Lipinski definition) is 0. The van der Waals surface area contributed by atoms with E-state index in [1.165, 1.54) is 0 Å². The number of rotatable bonds is 6. The van der Waals surface area contributed by atoms with Gasteiger partial charge in [-0.25, -0.2) is 0 Å². The summed E-state index contributed by atoms with van der Waals surface area (Å²) >= 11 is 0. The highest BCUT2D eigenvalue weighted by atomic mass is 16.8. The van der Waals surface area contributed by atoms with Crippen LogP contribution in [-0.2, 0) is 28.4 Å². The molecule has 0 saturated carbocycles. The molecule has 0 aromatic heterocycles. The molecule has 0 aromatic carbocycles. The van der Waals surface area contributed by atoms with Crippen molar-refractivity contribution in [3.05, 3.63) is 0 Å². The molecule has 3 fully saturated rings. The summed E-state index contributed by atoms with van der Waals surface area (Å²) in [6.45, 7) is 5.44. The number of ether oxygens (including phenoxy) is 6. The van der Waals surface area contributed by atoms with Crippen LogP contribution in [0.4, 0.5) is 0 Å². The van der Waals surface area contributed by atoms with Gasteiger partial charge >= 0.3 is 0 Å². The van der Waals surface area contributed by atoms with E-state index in [0.29, 0.717) is 40.0 Å². The molecule has 0 radical (unpaired) electrons. The smallest absolute Gasteiger partial charge is 0.181 e. The molecule has 3 rings (SSSR count). The highest BCUT2D eigenvalue weighted by Gasteiger charge is 2.46. The van der Waals surface area contributed by atoms with Gasteiger partial charge in [-0.2, -0.15) is 0 Å². The maximum absolute atomic E-state index is 5.66. The predicted octanol–water partition coefficient (Wildman–Crippen LogP) is 0.501. The van der Waals surface area contributed by atoms with Crippen LogP contribution in [0.25, 0.3) is 0 Å². The summed E-state index contributed by atoms with van der Waals surface area (Å²) in [5, 5.41) is 0. The first-order valence-electron chi connectivity index (χ1n) is 6.41. The number of epoxide rings is 1. The molecule has 0 bridgehead atoms. The third kappa shape index (κ3) is 2.68. The van der Waals surface area contributed by atoms with E-state index in [1.807, 2.05) is 0 Å². The average molecular weight is 260 g/mol. The average Bonchev–Trinajstić information content (AvgIpc) is 2.93. The summed E-state index contributed by atoms with van der Waals surface area (Å²) in [4.78, 5) is 0. The Bertz CT molecular complexity index is 252. The highest BCUT2D eigenvalue weighted by molar-refractivity contribution is 4.93. The van der Waals surface area contributed by atoms with Crippen LogP contribution in [0.15, 0.2) is 0 Å². The van der Waals surface area contributed by atoms with E-state index >= 15 is 0 Å². The molecule has 6 heteroatoms. The van der Waals surface area contributed by atoms with E-state index in [4.69, 9.17) is 28.4 Å². The Morgan fingerprint density at radius 1 is 1.00 bits per heavy atom. The van der Waals surface area contributed by atoms with Crippen molar-refractivity contribution in [3.8, 4) is 0 Å². The van der Waals surface area contributed by atoms with Crippen molar-refractivity contribution in [2.75, 3.05) is 40.0 Å². The topological polar surface area (TPSA) is 58.7 Å². The standard InChI is InChI=1S/C12H20O6/c1-12(9-4-13-7-17-9,10-5-14-8-18-10)2-3-15-11-6-16-11/h9-11H,2-8H2,1H3. The molecule has 3 unspecified atom stereocenters. The molecule has 3 atom stereocenters. The fourth-order valence-corrected chi connectivity index (χ4v) is 2.50. The van der Waals surface area contributed by atoms with Crippen molar-refractivity contribution in [2.24, 2.45) is 5.41 Å². The zero-order valence-corrected chi connectivity index (χ0v) is 10.6. The van der Waals surface area contributed by atoms with Gasteiger partial charge in [-0.05, 0) is 6.42 Å². The molecule has 3 aliphatic heterocycles. The maximum Gasteiger partial charge on any atom is 0.181 e. The van der Waals surface area contributed by atoms with Crippen LogP contribution in [0.3, 0.4) is 0 Å². The molecule has 0 amide bonds. The van der Waals surface area contributed by atoms with Gasteiger partial charge in [0.15, 0.2) is 6.29 Å². The van der Waals surface area contributed by atoms with Crippen molar-refractivity contribution >= 4 is 0 Å². The van der Waals surface area contributed by atoms with Gasteiger partial charge in [-0.1, -0.05) is 6.92 Å². The minimum atomic E-state index is -0.151. The summed E-state index contributed by atoms with van der Waals surface area (Å²) in [6, 6.07) is 0. The summed E-state index contributed by atoms with van der Waals surface area (Å²) in [5.41, 5.74) is -0.151. The summed E-state index contributed by atoms with van der Waals surface area (Å²) in [6.07, 6.45) is 0.908. The van der Waals surface area contributed by atoms with Crippen LogP contribution in [0.5, 0.6) is 0 Å². The molecule has 3 saturated heterocycles. The third-order valence-corrected chi connectivity index (χ3v) is 3.96. The minimum Gasteiger partial charge on any atom is -0.353 e. The van der Waals surface area contributed by atoms with Crippen LogP contribution in [0, 0.1) is 5.41 Å². The highest BCUT2D eigenvalue weighted by Crippen LogP contribution is 2.38. The first-order chi connectivity index (χ1) is 8.79. The second-order valence-corrected chi connectivity index (χ2v) is 5.18. The van der Waals surface area contributed by atoms with Crippen LogP contribution < -0.4 is 0 Å². The molecule has 6 nitrogen and oxygen atoms in total. The van der Waals surface area contributed by atoms with Gasteiger partial charge in [0, 0.05) is 5.41 Å². The van der Waals surface area contributed by atoms with E-state index in [-0.39, 0.29) is 23.9 Å². The lowest BCUT2D eigenvalue weighted by Gasteiger charge is -2.37. The van der Waals surface area contributed by atoms with E-state index in [1.54, 1.807) is 0 Å². The van der Waals surface area contributed by atoms with Gasteiger partial charge < -0.3 is 28.4 Å². The molecule has 0 spiro atoms. The first-order valence-corrected chi connectivity index (χ1v) is 6.41. The zero-order valence-electron chi connectivity index (χ0n) is 10.6. The van der Waals surface area contributed by atoms with Gasteiger partial charge in [0.25, 0.3) is 0 Å². The van der Waals surface area contributed by atoms with Crippen LogP contribution >= 0.6 is 0 Å². The molecule has 0 aliphatic carbocycles. The molecule has 0 aromatic rings. The molecular formula is C12H20O6. The van der Waals surface area contributed by atoms with Crippen molar-refractivity contribution in [2.45, 2.75) is 31.8 Å². The minimum absolute atomic E-state index is 0.00394. The second-order valence-electron chi connectivity index (χ2n) is 5.18. The molecular weight excluding hydrogens is 240 g/mol. The van der Waals surface area contributed by atoms with Crippen molar-refractivity contribution in [3.63, 3.8) is 0 Å². The van der Waals surface area contributed by atoms with Crippen molar-refractivity contribution in [1.82, 2.24) is 0 Å². The van der Waals surface area contributed by atoms with Crippen molar-refractivity contribution < 1.29 is 28.4 Å². The van der Waals surface area contributed by atoms with Crippen molar-refractivity contribution in [1.29, 1.82) is 0 Å². The van der Waals surface area contributed by atoms with Gasteiger partial charge in [-0.3, -0.25) is 0 Å². The van der Waals surface area contributed by atoms with Gasteiger partial charge in [-0.15, -0.1) is 0 Å². The molecule has 3 heterocycles. The van der Waals surface area contributed by atoms with Crippen LogP contribution in [0.2, 0.25) is 0 Å². The summed E-state index contributed by atoms with van der Waals surface area (Å²) < 4.78 is 32.5. The Morgan fingerprint density at radius 3 is 2.06 bits per heavy atom. The van der Waals surface area contributed by atoms with E-state index < -0.39 is 0 Å². The largest absolute Gasteiger partial charge is 0.353 e. The maximum atomic E-state index is 5.66. The normalized spacial score (nSPS) is 38.8. The Kier molecular flexibility index (Phi) is 3.83. The first kappa shape index (κ1) is 12.8. The van der Waals surface area contributed by atoms with Crippen LogP contribution in [0.1, 0.15) is 13.3 Å². The van der Waals surface area contributed by atoms with E-state index in [9.17, 15) is 0 Å². The lowest BCUT2D eigenvalue weighted by Crippen LogP contribution is -2.46. The van der Waals surface area contributed by atoms with E-state index in [0.717, 1.165) is 6.42 Å². The monoisotopic (exact) mass is 260 g/mol. The fourth-order valence-electron chi connectivity index (χ4n) is 2.50. The molecule has 104 valence electrons. The lowest BCUT2D eigenvalue weighted by atomic mass is 9.76. The zero-order chi connectivity index (χ0) is 12.4. The molecule has 0 N–H and O–H groups in total. The van der Waals surface area contributed by atoms with Gasteiger partial charge in [0.2, 0.25) is 0 Å². The quantitative estimate of drug-likeness (QED) is 0.648. The Morgan fingerprint density at radius 2 is 1.61 bits per heavy atom. The SMILES string of the molecule is CC(CCOC1CO1)(C1COCO1)C1COCO1. The molecule has 3 aliphatic rings. The number of hydrogen-bond acceptors (Lipinski definition) is 6. The predicted molar refractivity (Wildman–Crippen MR) is 59.8 cm³/mol. The summed E-state index contributed by atoms with van der Waals surface area (Å²) in [7, 11) is 0. The second kappa shape index (κ2) is 5.40. The van der Waals surface area contributed by atoms with Gasteiger partial charge in [0.1, 0.15) is 20.2 Å². The van der Waals surface area contributed by atoms with E-state index in [2.05, 4.69) is 6.92 Å². The Labute approximate surface area is 106 Å². The summed E-state index contributed by atoms with van der Waals surface area (Å²) in [5.74, 6) is 0. The van der Waals surface area contributed by atoms with Gasteiger partial charge in [0.05, 0.1) is 32.0 Å². The Balaban J connectivity index is 1.60. The molecule has 18 heavy (non-hydrogen) atoms.